The molecule has 3 aromatic rings. The average molecular weight is 471 g/mol. The van der Waals surface area contributed by atoms with Crippen LogP contribution in [0, 0.1) is 6.92 Å². The Bertz CT molecular complexity index is 1260. The van der Waals surface area contributed by atoms with E-state index in [-0.39, 0.29) is 6.03 Å². The summed E-state index contributed by atoms with van der Waals surface area (Å²) < 4.78 is 11.7. The van der Waals surface area contributed by atoms with Crippen molar-refractivity contribution >= 4 is 17.6 Å². The molecular formula is C28H30N4O3. The molecular weight excluding hydrogens is 440 g/mol. The number of nitrogens with zero attached hydrogens (tertiary/aromatic N) is 3. The van der Waals surface area contributed by atoms with Gasteiger partial charge in [-0.05, 0) is 49.2 Å². The van der Waals surface area contributed by atoms with Crippen molar-refractivity contribution in [1.82, 2.24) is 15.1 Å². The van der Waals surface area contributed by atoms with Gasteiger partial charge < -0.3 is 24.6 Å². The molecule has 0 unspecified atom stereocenters. The van der Waals surface area contributed by atoms with E-state index in [1.807, 2.05) is 59.5 Å². The molecule has 7 nitrogen and oxygen atoms in total. The van der Waals surface area contributed by atoms with Crippen molar-refractivity contribution < 1.29 is 14.3 Å². The molecule has 0 aliphatic carbocycles. The number of para-hydroxylation sites is 2. The van der Waals surface area contributed by atoms with Gasteiger partial charge in [-0.25, -0.2) is 9.79 Å². The molecule has 2 aliphatic heterocycles. The molecule has 7 heteroatoms. The Morgan fingerprint density at radius 2 is 1.89 bits per heavy atom. The molecule has 35 heavy (non-hydrogen) atoms. The zero-order valence-corrected chi connectivity index (χ0v) is 20.2. The number of rotatable bonds is 3. The summed E-state index contributed by atoms with van der Waals surface area (Å²) in [4.78, 5) is 22.1. The molecule has 1 N–H and O–H groups in total. The first-order valence-corrected chi connectivity index (χ1v) is 12.0. The number of nitrogens with one attached hydrogen (secondary N) is 1. The topological polar surface area (TPSA) is 66.4 Å². The monoisotopic (exact) mass is 470 g/mol. The largest absolute Gasteiger partial charge is 0.497 e. The normalized spacial score (nSPS) is 15.1. The highest BCUT2D eigenvalue weighted by molar-refractivity contribution is 6.04. The molecule has 2 amide bonds. The number of hydrogen-bond acceptors (Lipinski definition) is 5. The Morgan fingerprint density at radius 3 is 2.74 bits per heavy atom. The molecule has 0 spiro atoms. The number of hydrogen-bond donors (Lipinski definition) is 1. The SMILES string of the molecule is COc1ccc2c(c1)C(N1CCCN(C(=O)NCc3cccc(C)c3)CC1)=Nc1ccccc1O2. The Labute approximate surface area is 206 Å². The van der Waals surface area contributed by atoms with Gasteiger partial charge in [0.25, 0.3) is 0 Å². The summed E-state index contributed by atoms with van der Waals surface area (Å²) in [5, 5.41) is 3.07. The summed E-state index contributed by atoms with van der Waals surface area (Å²) >= 11 is 0. The highest BCUT2D eigenvalue weighted by Gasteiger charge is 2.26. The van der Waals surface area contributed by atoms with Crippen molar-refractivity contribution in [2.45, 2.75) is 19.9 Å². The maximum Gasteiger partial charge on any atom is 0.317 e. The van der Waals surface area contributed by atoms with Crippen LogP contribution in [0.15, 0.2) is 71.7 Å². The molecule has 0 bridgehead atoms. The number of aliphatic imine (C=N–C) groups is 1. The first kappa shape index (κ1) is 22.8. The average Bonchev–Trinajstić information content (AvgIpc) is 3.22. The minimum Gasteiger partial charge on any atom is -0.497 e. The number of amidine groups is 1. The number of fused-ring (bicyclic) bond motifs is 2. The third kappa shape index (κ3) is 5.09. The second-order valence-electron chi connectivity index (χ2n) is 8.84. The van der Waals surface area contributed by atoms with Crippen molar-refractivity contribution in [2.24, 2.45) is 4.99 Å². The van der Waals surface area contributed by atoms with E-state index in [4.69, 9.17) is 14.5 Å². The molecule has 0 saturated carbocycles. The second kappa shape index (κ2) is 10.1. The third-order valence-electron chi connectivity index (χ3n) is 6.35. The summed E-state index contributed by atoms with van der Waals surface area (Å²) in [6, 6.07) is 21.8. The predicted octanol–water partition coefficient (Wildman–Crippen LogP) is 5.11. The molecule has 1 saturated heterocycles. The van der Waals surface area contributed by atoms with Crippen LogP contribution in [0.5, 0.6) is 17.2 Å². The van der Waals surface area contributed by atoms with Crippen molar-refractivity contribution in [3.05, 3.63) is 83.4 Å². The summed E-state index contributed by atoms with van der Waals surface area (Å²) in [6.07, 6.45) is 0.846. The van der Waals surface area contributed by atoms with Crippen LogP contribution in [0.4, 0.5) is 10.5 Å². The fourth-order valence-corrected chi connectivity index (χ4v) is 4.51. The number of amides is 2. The molecule has 1 fully saturated rings. The highest BCUT2D eigenvalue weighted by Crippen LogP contribution is 2.39. The van der Waals surface area contributed by atoms with E-state index in [2.05, 4.69) is 29.3 Å². The Kier molecular flexibility index (Phi) is 6.57. The van der Waals surface area contributed by atoms with Gasteiger partial charge in [0.2, 0.25) is 0 Å². The third-order valence-corrected chi connectivity index (χ3v) is 6.35. The van der Waals surface area contributed by atoms with Crippen LogP contribution in [-0.2, 0) is 6.54 Å². The minimum absolute atomic E-state index is 0.0353. The zero-order chi connectivity index (χ0) is 24.2. The number of carbonyl (C=O) groups is 1. The van der Waals surface area contributed by atoms with Gasteiger partial charge in [0.1, 0.15) is 23.0 Å². The fraction of sp³-hybridized carbons (Fsp3) is 0.286. The zero-order valence-electron chi connectivity index (χ0n) is 20.2. The highest BCUT2D eigenvalue weighted by atomic mass is 16.5. The van der Waals surface area contributed by atoms with Gasteiger partial charge in [-0.2, -0.15) is 0 Å². The lowest BCUT2D eigenvalue weighted by Crippen LogP contribution is -2.42. The summed E-state index contributed by atoms with van der Waals surface area (Å²) in [6.45, 7) is 5.35. The summed E-state index contributed by atoms with van der Waals surface area (Å²) in [5.74, 6) is 3.05. The van der Waals surface area contributed by atoms with Crippen LogP contribution >= 0.6 is 0 Å². The van der Waals surface area contributed by atoms with Gasteiger partial charge in [-0.1, -0.05) is 42.0 Å². The fourth-order valence-electron chi connectivity index (χ4n) is 4.51. The molecule has 2 heterocycles. The standard InChI is InChI=1S/C28H30N4O3/c1-20-7-5-8-21(17-20)19-29-28(33)32-14-6-13-31(15-16-32)27-23-18-22(34-2)11-12-25(23)35-26-10-4-3-9-24(26)30-27/h3-5,7-12,17-18H,6,13-16,19H2,1-2H3,(H,29,33). The number of benzene rings is 3. The van der Waals surface area contributed by atoms with Crippen LogP contribution in [0.1, 0.15) is 23.1 Å². The molecule has 5 rings (SSSR count). The van der Waals surface area contributed by atoms with Crippen molar-refractivity contribution in [3.8, 4) is 17.2 Å². The van der Waals surface area contributed by atoms with Crippen LogP contribution < -0.4 is 14.8 Å². The first-order valence-electron chi connectivity index (χ1n) is 12.0. The Hall–Kier alpha value is -4.00. The number of ether oxygens (including phenoxy) is 2. The maximum atomic E-state index is 12.9. The lowest BCUT2D eigenvalue weighted by Gasteiger charge is -2.25. The van der Waals surface area contributed by atoms with Crippen LogP contribution in [0.25, 0.3) is 0 Å². The Morgan fingerprint density at radius 1 is 1.00 bits per heavy atom. The lowest BCUT2D eigenvalue weighted by atomic mass is 10.1. The predicted molar refractivity (Wildman–Crippen MR) is 137 cm³/mol. The second-order valence-corrected chi connectivity index (χ2v) is 8.84. The van der Waals surface area contributed by atoms with Crippen molar-refractivity contribution in [2.75, 3.05) is 33.3 Å². The van der Waals surface area contributed by atoms with E-state index in [1.54, 1.807) is 7.11 Å². The van der Waals surface area contributed by atoms with Crippen molar-refractivity contribution in [1.29, 1.82) is 0 Å². The Balaban J connectivity index is 1.34. The van der Waals surface area contributed by atoms with Gasteiger partial charge in [0, 0.05) is 32.7 Å². The van der Waals surface area contributed by atoms with E-state index < -0.39 is 0 Å². The number of carbonyl (C=O) groups excluding carboxylic acids is 1. The summed E-state index contributed by atoms with van der Waals surface area (Å²) in [5.41, 5.74) is 3.97. The van der Waals surface area contributed by atoms with E-state index in [1.165, 1.54) is 5.56 Å². The molecule has 3 aromatic carbocycles. The number of aryl methyl sites for hydroxylation is 1. The quantitative estimate of drug-likeness (QED) is 0.578. The van der Waals surface area contributed by atoms with E-state index in [9.17, 15) is 4.79 Å². The maximum absolute atomic E-state index is 12.9. The van der Waals surface area contributed by atoms with Gasteiger partial charge in [-0.15, -0.1) is 0 Å². The van der Waals surface area contributed by atoms with Gasteiger partial charge in [-0.3, -0.25) is 0 Å². The van der Waals surface area contributed by atoms with Gasteiger partial charge in [0.05, 0.1) is 12.7 Å². The lowest BCUT2D eigenvalue weighted by molar-refractivity contribution is 0.200. The van der Waals surface area contributed by atoms with Crippen LogP contribution in [0.2, 0.25) is 0 Å². The van der Waals surface area contributed by atoms with E-state index in [0.717, 1.165) is 52.9 Å². The smallest absolute Gasteiger partial charge is 0.317 e. The summed E-state index contributed by atoms with van der Waals surface area (Å²) in [7, 11) is 1.66. The minimum atomic E-state index is -0.0353. The molecule has 0 aromatic heterocycles. The molecule has 2 aliphatic rings. The number of methoxy groups -OCH3 is 1. The molecule has 0 radical (unpaired) electrons. The van der Waals surface area contributed by atoms with Crippen molar-refractivity contribution in [3.63, 3.8) is 0 Å². The molecule has 180 valence electrons. The van der Waals surface area contributed by atoms with Crippen LogP contribution in [-0.4, -0.2) is 55.0 Å². The van der Waals surface area contributed by atoms with Gasteiger partial charge in [0.15, 0.2) is 5.75 Å². The first-order chi connectivity index (χ1) is 17.1. The molecule has 0 atom stereocenters. The number of urea groups is 1. The van der Waals surface area contributed by atoms with Crippen LogP contribution in [0.3, 0.4) is 0 Å². The van der Waals surface area contributed by atoms with E-state index >= 15 is 0 Å². The van der Waals surface area contributed by atoms with E-state index in [0.29, 0.717) is 26.2 Å². The van der Waals surface area contributed by atoms with Gasteiger partial charge >= 0.3 is 6.03 Å².